The van der Waals surface area contributed by atoms with E-state index < -0.39 is 0 Å². The molecule has 1 aliphatic heterocycles. The van der Waals surface area contributed by atoms with Gasteiger partial charge in [-0.2, -0.15) is 0 Å². The molecule has 1 saturated heterocycles. The van der Waals surface area contributed by atoms with Crippen LogP contribution in [0.3, 0.4) is 0 Å². The molecule has 1 nitrogen and oxygen atoms in total. The average Bonchev–Trinajstić information content (AvgIpc) is 2.04. The van der Waals surface area contributed by atoms with Crippen molar-refractivity contribution in [2.75, 3.05) is 11.5 Å². The summed E-state index contributed by atoms with van der Waals surface area (Å²) in [5.74, 6) is 2.74. The lowest BCUT2D eigenvalue weighted by Crippen LogP contribution is -2.31. The van der Waals surface area contributed by atoms with Crippen LogP contribution in [-0.2, 0) is 0 Å². The van der Waals surface area contributed by atoms with Crippen LogP contribution in [0.15, 0.2) is 0 Å². The summed E-state index contributed by atoms with van der Waals surface area (Å²) >= 11 is 4.36. The van der Waals surface area contributed by atoms with Crippen molar-refractivity contribution in [2.24, 2.45) is 0 Å². The summed E-state index contributed by atoms with van der Waals surface area (Å²) in [4.78, 5) is 0. The van der Waals surface area contributed by atoms with Crippen LogP contribution in [0.5, 0.6) is 0 Å². The molecule has 0 aromatic carbocycles. The van der Waals surface area contributed by atoms with Crippen LogP contribution in [0.1, 0.15) is 34.1 Å². The van der Waals surface area contributed by atoms with Crippen LogP contribution in [0.4, 0.5) is 0 Å². The average molecular weight is 237 g/mol. The van der Waals surface area contributed by atoms with Crippen LogP contribution < -0.4 is 0 Å². The fourth-order valence-electron chi connectivity index (χ4n) is 1.49. The van der Waals surface area contributed by atoms with Crippen molar-refractivity contribution in [3.8, 4) is 0 Å². The van der Waals surface area contributed by atoms with Crippen molar-refractivity contribution >= 4 is 29.2 Å². The monoisotopic (exact) mass is 237 g/mol. The lowest BCUT2D eigenvalue weighted by molar-refractivity contribution is 0.331. The van der Waals surface area contributed by atoms with E-state index in [2.05, 4.69) is 55.1 Å². The van der Waals surface area contributed by atoms with E-state index in [0.29, 0.717) is 12.1 Å². The van der Waals surface area contributed by atoms with Crippen molar-refractivity contribution < 1.29 is 0 Å². The molecule has 1 heterocycles. The summed E-state index contributed by atoms with van der Waals surface area (Å²) < 4.78 is 2.68. The minimum absolute atomic E-state index is 0.0526. The molecule has 13 heavy (non-hydrogen) atoms. The third kappa shape index (κ3) is 3.62. The molecule has 0 N–H and O–H groups in total. The Morgan fingerprint density at radius 1 is 1.00 bits per heavy atom. The molecule has 78 valence electrons. The van der Waals surface area contributed by atoms with Crippen LogP contribution in [-0.4, -0.2) is 28.3 Å². The largest absolute Gasteiger partial charge is 0.260 e. The number of nitrogens with zero attached hydrogens (tertiary/aromatic N) is 1. The Kier molecular flexibility index (Phi) is 5.47. The Morgan fingerprint density at radius 2 is 1.46 bits per heavy atom. The lowest BCUT2D eigenvalue weighted by Gasteiger charge is -2.38. The molecule has 0 atom stereocenters. The Balaban J connectivity index is 2.52. The van der Waals surface area contributed by atoms with E-state index in [0.717, 1.165) is 0 Å². The Morgan fingerprint density at radius 3 is 1.85 bits per heavy atom. The second-order valence-electron chi connectivity index (χ2n) is 3.83. The molecular weight excluding hydrogens is 217 g/mol. The topological polar surface area (TPSA) is 3.24 Å². The molecule has 0 aromatic rings. The predicted molar refractivity (Wildman–Crippen MR) is 68.6 cm³/mol. The first-order valence-electron chi connectivity index (χ1n) is 4.97. The predicted octanol–water partition coefficient (Wildman–Crippen LogP) is 4.20. The van der Waals surface area contributed by atoms with Crippen molar-refractivity contribution in [3.63, 3.8) is 0 Å². The fraction of sp³-hybridized carbons (Fsp3) is 1.00. The Hall–Kier alpha value is 1.09. The molecule has 1 aliphatic rings. The minimum atomic E-state index is 0.0526. The van der Waals surface area contributed by atoms with Gasteiger partial charge in [-0.25, -0.2) is 0 Å². The lowest BCUT2D eigenvalue weighted by atomic mass is 10.3. The van der Waals surface area contributed by atoms with Crippen LogP contribution in [0, 0.1) is 0 Å². The summed E-state index contributed by atoms with van der Waals surface area (Å²) in [5, 5.41) is 0. The molecular formula is C9H20NPS2. The van der Waals surface area contributed by atoms with Crippen molar-refractivity contribution in [1.82, 2.24) is 4.67 Å². The van der Waals surface area contributed by atoms with Crippen LogP contribution in [0.2, 0.25) is 0 Å². The maximum Gasteiger partial charge on any atom is 0.0879 e. The highest BCUT2D eigenvalue weighted by Gasteiger charge is 2.26. The summed E-state index contributed by atoms with van der Waals surface area (Å²) in [7, 11) is 0. The van der Waals surface area contributed by atoms with E-state index in [-0.39, 0.29) is 6.48 Å². The third-order valence-electron chi connectivity index (χ3n) is 1.94. The Labute approximate surface area is 91.7 Å². The molecule has 0 aliphatic carbocycles. The van der Waals surface area contributed by atoms with E-state index in [4.69, 9.17) is 0 Å². The zero-order chi connectivity index (χ0) is 9.84. The van der Waals surface area contributed by atoms with Crippen molar-refractivity contribution in [2.45, 2.75) is 46.2 Å². The van der Waals surface area contributed by atoms with E-state index in [1.807, 2.05) is 0 Å². The zero-order valence-electron chi connectivity index (χ0n) is 8.99. The first-order valence-corrected chi connectivity index (χ1v) is 9.44. The number of hydrogen-bond donors (Lipinski definition) is 0. The van der Waals surface area contributed by atoms with E-state index in [9.17, 15) is 0 Å². The minimum Gasteiger partial charge on any atom is -0.260 e. The molecule has 1 fully saturated rings. The summed E-state index contributed by atoms with van der Waals surface area (Å²) in [5.41, 5.74) is 0. The summed E-state index contributed by atoms with van der Waals surface area (Å²) in [6, 6.07) is 1.40. The van der Waals surface area contributed by atoms with Gasteiger partial charge in [0, 0.05) is 23.6 Å². The maximum atomic E-state index is 2.68. The Bertz CT molecular complexity index is 139. The van der Waals surface area contributed by atoms with Crippen molar-refractivity contribution in [3.05, 3.63) is 0 Å². The smallest absolute Gasteiger partial charge is 0.0879 e. The van der Waals surface area contributed by atoms with Gasteiger partial charge in [-0.05, 0) is 34.1 Å². The second kappa shape index (κ2) is 5.85. The number of hydrogen-bond acceptors (Lipinski definition) is 3. The highest BCUT2D eigenvalue weighted by molar-refractivity contribution is 8.87. The first kappa shape index (κ1) is 12.2. The molecule has 1 rings (SSSR count). The summed E-state index contributed by atoms with van der Waals surface area (Å²) in [6.07, 6.45) is 1.40. The second-order valence-corrected chi connectivity index (χ2v) is 10.4. The van der Waals surface area contributed by atoms with Gasteiger partial charge in [0.2, 0.25) is 0 Å². The van der Waals surface area contributed by atoms with E-state index >= 15 is 0 Å². The quantitative estimate of drug-likeness (QED) is 0.677. The van der Waals surface area contributed by atoms with Crippen molar-refractivity contribution in [1.29, 1.82) is 0 Å². The molecule has 0 radical (unpaired) electrons. The standard InChI is InChI=1S/C9H20NPS2/c1-8(2)10(9(3)4)11-12-6-5-7-13-11/h8-9H,5-7H2,1-4H3. The van der Waals surface area contributed by atoms with Gasteiger partial charge in [-0.3, -0.25) is 4.67 Å². The summed E-state index contributed by atoms with van der Waals surface area (Å²) in [6.45, 7) is 9.32. The molecule has 0 unspecified atom stereocenters. The van der Waals surface area contributed by atoms with Gasteiger partial charge in [-0.15, -0.1) is 22.8 Å². The van der Waals surface area contributed by atoms with Gasteiger partial charge in [0.05, 0.1) is 6.48 Å². The highest BCUT2D eigenvalue weighted by atomic mass is 33.1. The number of rotatable bonds is 3. The van der Waals surface area contributed by atoms with Gasteiger partial charge in [0.15, 0.2) is 0 Å². The molecule has 4 heteroatoms. The van der Waals surface area contributed by atoms with E-state index in [1.165, 1.54) is 17.9 Å². The van der Waals surface area contributed by atoms with Crippen LogP contribution >= 0.6 is 29.2 Å². The normalized spacial score (nSPS) is 20.5. The first-order chi connectivity index (χ1) is 6.13. The fourth-order valence-corrected chi connectivity index (χ4v) is 10.6. The van der Waals surface area contributed by atoms with Gasteiger partial charge in [0.25, 0.3) is 0 Å². The molecule has 0 spiro atoms. The highest BCUT2D eigenvalue weighted by Crippen LogP contribution is 2.67. The van der Waals surface area contributed by atoms with Gasteiger partial charge in [-0.1, -0.05) is 0 Å². The molecule has 0 saturated carbocycles. The van der Waals surface area contributed by atoms with Gasteiger partial charge >= 0.3 is 0 Å². The molecule has 0 aromatic heterocycles. The van der Waals surface area contributed by atoms with E-state index in [1.54, 1.807) is 0 Å². The maximum absolute atomic E-state index is 2.68. The van der Waals surface area contributed by atoms with Gasteiger partial charge < -0.3 is 0 Å². The van der Waals surface area contributed by atoms with Gasteiger partial charge in [0.1, 0.15) is 0 Å². The molecule has 0 bridgehead atoms. The third-order valence-corrected chi connectivity index (χ3v) is 10.1. The zero-order valence-corrected chi connectivity index (χ0v) is 11.5. The molecule has 0 amide bonds. The van der Waals surface area contributed by atoms with Crippen LogP contribution in [0.25, 0.3) is 0 Å². The SMILES string of the molecule is CC(C)N(C(C)C)P1SCCCS1.